The molecule has 2 amide bonds. The number of alkyl halides is 3. The molecule has 0 aliphatic carbocycles. The molecule has 2 aromatic carbocycles. The number of amides is 2. The number of carbonyl (C=O) groups excluding carboxylic acids is 2. The monoisotopic (exact) mass is 534 g/mol. The first kappa shape index (κ1) is 26.7. The van der Waals surface area contributed by atoms with Gasteiger partial charge >= 0.3 is 6.18 Å². The molecule has 7 nitrogen and oxygen atoms in total. The van der Waals surface area contributed by atoms with Gasteiger partial charge in [-0.1, -0.05) is 11.6 Å². The Balaban J connectivity index is 2.03. The predicted molar refractivity (Wildman–Crippen MR) is 125 cm³/mol. The zero-order valence-corrected chi connectivity index (χ0v) is 20.4. The van der Waals surface area contributed by atoms with Crippen LogP contribution in [-0.4, -0.2) is 53.4 Å². The highest BCUT2D eigenvalue weighted by molar-refractivity contribution is 7.91. The number of anilines is 2. The summed E-state index contributed by atoms with van der Waals surface area (Å²) < 4.78 is 74.4. The maximum Gasteiger partial charge on any atom is 0.417 e. The van der Waals surface area contributed by atoms with Gasteiger partial charge in [-0.3, -0.25) is 9.59 Å². The maximum absolute atomic E-state index is 14.0. The second kappa shape index (κ2) is 10.0. The van der Waals surface area contributed by atoms with Gasteiger partial charge in [-0.15, -0.1) is 0 Å². The highest BCUT2D eigenvalue weighted by Crippen LogP contribution is 2.39. The lowest BCUT2D eigenvalue weighted by molar-refractivity contribution is -0.137. The van der Waals surface area contributed by atoms with Gasteiger partial charge in [0.1, 0.15) is 5.82 Å². The normalized spacial score (nSPS) is 16.4. The Bertz CT molecular complexity index is 1270. The lowest BCUT2D eigenvalue weighted by Crippen LogP contribution is -2.34. The Morgan fingerprint density at radius 3 is 2.40 bits per heavy atom. The quantitative estimate of drug-likeness (QED) is 0.549. The van der Waals surface area contributed by atoms with Crippen LogP contribution < -0.4 is 10.2 Å². The summed E-state index contributed by atoms with van der Waals surface area (Å²) in [5, 5.41) is 1.79. The molecular weight excluding hydrogens is 512 g/mol. The van der Waals surface area contributed by atoms with Gasteiger partial charge in [0.25, 0.3) is 5.91 Å². The lowest BCUT2D eigenvalue weighted by atomic mass is 10.1. The van der Waals surface area contributed by atoms with Gasteiger partial charge in [-0.2, -0.15) is 13.2 Å². The van der Waals surface area contributed by atoms with E-state index in [1.165, 1.54) is 13.0 Å². The third-order valence-corrected chi connectivity index (χ3v) is 6.99. The molecule has 3 rings (SSSR count). The molecule has 1 atom stereocenters. The molecule has 0 saturated carbocycles. The van der Waals surface area contributed by atoms with Crippen LogP contribution in [0.4, 0.5) is 28.9 Å². The second-order valence-electron chi connectivity index (χ2n) is 8.14. The summed E-state index contributed by atoms with van der Waals surface area (Å²) in [6.07, 6.45) is -3.27. The first-order valence-electron chi connectivity index (χ1n) is 10.4. The van der Waals surface area contributed by atoms with Crippen LogP contribution in [0.3, 0.4) is 0 Å². The number of rotatable bonds is 4. The minimum atomic E-state index is -4.76. The van der Waals surface area contributed by atoms with Gasteiger partial charge in [0, 0.05) is 45.0 Å². The van der Waals surface area contributed by atoms with Crippen molar-refractivity contribution < 1.29 is 31.4 Å². The first-order valence-corrected chi connectivity index (χ1v) is 12.8. The maximum atomic E-state index is 14.0. The van der Waals surface area contributed by atoms with Gasteiger partial charge in [0.05, 0.1) is 36.5 Å². The van der Waals surface area contributed by atoms with Crippen molar-refractivity contribution in [3.63, 3.8) is 0 Å². The fraction of sp³-hybridized carbons (Fsp3) is 0.364. The number of nitrogens with zero attached hydrogens (tertiary/aromatic N) is 2. The molecular formula is C22H23ClF4N4O3S. The Morgan fingerprint density at radius 2 is 1.80 bits per heavy atom. The van der Waals surface area contributed by atoms with Crippen molar-refractivity contribution in [2.24, 2.45) is 0 Å². The molecule has 0 spiro atoms. The van der Waals surface area contributed by atoms with E-state index >= 15 is 0 Å². The Morgan fingerprint density at radius 1 is 1.11 bits per heavy atom. The van der Waals surface area contributed by atoms with Crippen molar-refractivity contribution in [3.8, 4) is 0 Å². The zero-order valence-electron chi connectivity index (χ0n) is 18.8. The van der Waals surface area contributed by atoms with Crippen molar-refractivity contribution in [1.82, 2.24) is 4.90 Å². The van der Waals surface area contributed by atoms with Crippen molar-refractivity contribution in [2.75, 3.05) is 42.7 Å². The topological polar surface area (TPSA) is 93.6 Å². The largest absolute Gasteiger partial charge is 0.417 e. The van der Waals surface area contributed by atoms with Gasteiger partial charge in [-0.25, -0.2) is 13.4 Å². The van der Waals surface area contributed by atoms with Crippen LogP contribution in [0.1, 0.15) is 29.3 Å². The number of hydrogen-bond donors (Lipinski definition) is 2. The molecule has 1 saturated heterocycles. The molecule has 1 aliphatic heterocycles. The standard InChI is InChI=1S/C22H23ClF4N4O3S/c1-13(32)30-6-3-7-31(9-8-30)19-12-16(22(25,26)27)17(23)11-15(19)21(33)29-14-4-5-18(24)20(10-14)35(2,28)34/h4-5,10-12,28H,3,6-9H2,1-2H3,(H,29,33). The molecule has 35 heavy (non-hydrogen) atoms. The fourth-order valence-electron chi connectivity index (χ4n) is 3.77. The summed E-state index contributed by atoms with van der Waals surface area (Å²) in [4.78, 5) is 27.6. The molecule has 0 radical (unpaired) electrons. The Labute approximate surface area is 205 Å². The van der Waals surface area contributed by atoms with Gasteiger partial charge in [0.15, 0.2) is 0 Å². The first-order chi connectivity index (χ1) is 16.2. The molecule has 1 heterocycles. The van der Waals surface area contributed by atoms with Crippen LogP contribution in [0.25, 0.3) is 0 Å². The molecule has 190 valence electrons. The third kappa shape index (κ3) is 6.23. The van der Waals surface area contributed by atoms with Crippen LogP contribution >= 0.6 is 11.6 Å². The number of hydrogen-bond acceptors (Lipinski definition) is 5. The van der Waals surface area contributed by atoms with E-state index in [9.17, 15) is 31.4 Å². The molecule has 2 N–H and O–H groups in total. The average Bonchev–Trinajstić information content (AvgIpc) is 2.99. The van der Waals surface area contributed by atoms with Crippen LogP contribution in [0.5, 0.6) is 0 Å². The number of halogens is 5. The molecule has 0 bridgehead atoms. The van der Waals surface area contributed by atoms with Crippen LogP contribution in [0, 0.1) is 10.6 Å². The highest BCUT2D eigenvalue weighted by Gasteiger charge is 2.35. The van der Waals surface area contributed by atoms with E-state index in [4.69, 9.17) is 16.4 Å². The van der Waals surface area contributed by atoms with Crippen molar-refractivity contribution >= 4 is 44.5 Å². The summed E-state index contributed by atoms with van der Waals surface area (Å²) in [7, 11) is -3.44. The van der Waals surface area contributed by atoms with E-state index in [-0.39, 0.29) is 35.9 Å². The van der Waals surface area contributed by atoms with Gasteiger partial charge in [0.2, 0.25) is 5.91 Å². The molecule has 2 aromatic rings. The number of nitrogens with one attached hydrogen (secondary N) is 2. The minimum absolute atomic E-state index is 0.00816. The summed E-state index contributed by atoms with van der Waals surface area (Å²) in [5.74, 6) is -1.87. The van der Waals surface area contributed by atoms with Crippen LogP contribution in [0.15, 0.2) is 35.2 Å². The minimum Gasteiger partial charge on any atom is -0.369 e. The third-order valence-electron chi connectivity index (χ3n) is 5.53. The lowest BCUT2D eigenvalue weighted by Gasteiger charge is -2.27. The molecule has 1 aliphatic rings. The average molecular weight is 535 g/mol. The van der Waals surface area contributed by atoms with Crippen LogP contribution in [-0.2, 0) is 20.7 Å². The van der Waals surface area contributed by atoms with Crippen molar-refractivity contribution in [1.29, 1.82) is 4.78 Å². The Hall–Kier alpha value is -2.86. The van der Waals surface area contributed by atoms with E-state index in [2.05, 4.69) is 5.32 Å². The zero-order chi connectivity index (χ0) is 26.1. The van der Waals surface area contributed by atoms with E-state index in [1.807, 2.05) is 0 Å². The molecule has 1 fully saturated rings. The van der Waals surface area contributed by atoms with Crippen molar-refractivity contribution in [3.05, 3.63) is 52.3 Å². The highest BCUT2D eigenvalue weighted by atomic mass is 35.5. The van der Waals surface area contributed by atoms with E-state index in [0.29, 0.717) is 19.5 Å². The fourth-order valence-corrected chi connectivity index (χ4v) is 4.84. The Kier molecular flexibility index (Phi) is 7.65. The summed E-state index contributed by atoms with van der Waals surface area (Å²) in [6.45, 7) is 2.57. The molecule has 1 unspecified atom stereocenters. The summed E-state index contributed by atoms with van der Waals surface area (Å²) in [5.41, 5.74) is -1.28. The number of carbonyl (C=O) groups is 2. The SMILES string of the molecule is CC(=O)N1CCCN(c2cc(C(F)(F)F)c(Cl)cc2C(=O)Nc2ccc(F)c(S(C)(=N)=O)c2)CC1. The smallest absolute Gasteiger partial charge is 0.369 e. The van der Waals surface area contributed by atoms with E-state index in [0.717, 1.165) is 30.5 Å². The van der Waals surface area contributed by atoms with Crippen molar-refractivity contribution in [2.45, 2.75) is 24.4 Å². The van der Waals surface area contributed by atoms with Gasteiger partial charge in [-0.05, 0) is 36.8 Å². The number of benzene rings is 2. The van der Waals surface area contributed by atoms with Crippen LogP contribution in [0.2, 0.25) is 5.02 Å². The molecule has 0 aromatic heterocycles. The summed E-state index contributed by atoms with van der Waals surface area (Å²) >= 11 is 5.89. The second-order valence-corrected chi connectivity index (χ2v) is 10.7. The van der Waals surface area contributed by atoms with E-state index < -0.39 is 43.1 Å². The summed E-state index contributed by atoms with van der Waals surface area (Å²) in [6, 6.07) is 4.89. The predicted octanol–water partition coefficient (Wildman–Crippen LogP) is 4.84. The van der Waals surface area contributed by atoms with Gasteiger partial charge < -0.3 is 15.1 Å². The van der Waals surface area contributed by atoms with E-state index in [1.54, 1.807) is 9.80 Å². The molecule has 13 heteroatoms.